The van der Waals surface area contributed by atoms with Gasteiger partial charge in [-0.2, -0.15) is 0 Å². The van der Waals surface area contributed by atoms with Crippen LogP contribution in [0.3, 0.4) is 0 Å². The van der Waals surface area contributed by atoms with Gasteiger partial charge in [-0.1, -0.05) is 42.4 Å². The third-order valence-electron chi connectivity index (χ3n) is 2.68. The summed E-state index contributed by atoms with van der Waals surface area (Å²) >= 11 is 6.15. The lowest BCUT2D eigenvalue weighted by Crippen LogP contribution is -2.09. The van der Waals surface area contributed by atoms with E-state index < -0.39 is 5.97 Å². The average molecular weight is 277 g/mol. The van der Waals surface area contributed by atoms with Crippen molar-refractivity contribution in [1.29, 1.82) is 0 Å². The number of benzene rings is 2. The molecule has 0 aliphatic carbocycles. The highest BCUT2D eigenvalue weighted by atomic mass is 35.5. The van der Waals surface area contributed by atoms with Crippen LogP contribution in [-0.2, 0) is 4.79 Å². The average Bonchev–Trinajstić information content (AvgIpc) is 2.41. The highest BCUT2D eigenvalue weighted by molar-refractivity contribution is 6.34. The number of ether oxygens (including phenoxy) is 2. The zero-order valence-corrected chi connectivity index (χ0v) is 11.5. The van der Waals surface area contributed by atoms with Gasteiger partial charge in [0.2, 0.25) is 0 Å². The minimum absolute atomic E-state index is 0.316. The van der Waals surface area contributed by atoms with Crippen molar-refractivity contribution in [1.82, 2.24) is 0 Å². The maximum atomic E-state index is 11.7. The molecule has 2 aromatic rings. The van der Waals surface area contributed by atoms with Crippen molar-refractivity contribution in [2.24, 2.45) is 0 Å². The predicted octanol–water partition coefficient (Wildman–Crippen LogP) is 3.98. The number of methoxy groups -OCH3 is 1. The van der Waals surface area contributed by atoms with Crippen molar-refractivity contribution in [3.8, 4) is 11.5 Å². The summed E-state index contributed by atoms with van der Waals surface area (Å²) in [6, 6.07) is 9.05. The van der Waals surface area contributed by atoms with Crippen molar-refractivity contribution >= 4 is 28.3 Å². The van der Waals surface area contributed by atoms with E-state index in [1.807, 2.05) is 24.3 Å². The number of carbonyl (C=O) groups is 1. The molecule has 0 unspecified atom stereocenters. The Morgan fingerprint density at radius 2 is 1.89 bits per heavy atom. The fraction of sp³-hybridized carbons (Fsp3) is 0.133. The first-order chi connectivity index (χ1) is 9.04. The second-order valence-electron chi connectivity index (χ2n) is 4.11. The molecule has 2 rings (SSSR count). The van der Waals surface area contributed by atoms with Gasteiger partial charge in [-0.05, 0) is 6.92 Å². The Hall–Kier alpha value is -2.00. The van der Waals surface area contributed by atoms with E-state index >= 15 is 0 Å². The quantitative estimate of drug-likeness (QED) is 0.483. The van der Waals surface area contributed by atoms with E-state index in [9.17, 15) is 4.79 Å². The van der Waals surface area contributed by atoms with Gasteiger partial charge < -0.3 is 9.47 Å². The molecule has 0 spiro atoms. The Bertz CT molecular complexity index is 662. The number of halogens is 1. The SMILES string of the molecule is C=C(C)C(=O)Oc1c(Cl)cc(OC)c2ccccc12. The predicted molar refractivity (Wildman–Crippen MR) is 76.0 cm³/mol. The third-order valence-corrected chi connectivity index (χ3v) is 2.96. The third kappa shape index (κ3) is 2.56. The Morgan fingerprint density at radius 1 is 1.26 bits per heavy atom. The van der Waals surface area contributed by atoms with E-state index in [2.05, 4.69) is 6.58 Å². The van der Waals surface area contributed by atoms with Crippen LogP contribution < -0.4 is 9.47 Å². The van der Waals surface area contributed by atoms with Crippen LogP contribution in [0.25, 0.3) is 10.8 Å². The van der Waals surface area contributed by atoms with E-state index in [1.54, 1.807) is 20.1 Å². The molecule has 0 aromatic heterocycles. The molecule has 2 aromatic carbocycles. The highest BCUT2D eigenvalue weighted by Crippen LogP contribution is 2.39. The van der Waals surface area contributed by atoms with Crippen LogP contribution in [-0.4, -0.2) is 13.1 Å². The van der Waals surface area contributed by atoms with Crippen molar-refractivity contribution in [3.05, 3.63) is 47.5 Å². The number of fused-ring (bicyclic) bond motifs is 1. The molecule has 0 bridgehead atoms. The van der Waals surface area contributed by atoms with Crippen LogP contribution in [0.5, 0.6) is 11.5 Å². The van der Waals surface area contributed by atoms with E-state index in [0.717, 1.165) is 10.8 Å². The molecule has 0 saturated carbocycles. The summed E-state index contributed by atoms with van der Waals surface area (Å²) in [5, 5.41) is 1.88. The maximum absolute atomic E-state index is 11.7. The number of carbonyl (C=O) groups excluding carboxylic acids is 1. The monoisotopic (exact) mass is 276 g/mol. The summed E-state index contributed by atoms with van der Waals surface area (Å²) in [7, 11) is 1.57. The molecule has 0 N–H and O–H groups in total. The van der Waals surface area contributed by atoms with Crippen LogP contribution in [0.1, 0.15) is 6.92 Å². The van der Waals surface area contributed by atoms with Crippen molar-refractivity contribution in [3.63, 3.8) is 0 Å². The van der Waals surface area contributed by atoms with Gasteiger partial charge in [0.15, 0.2) is 5.75 Å². The Kier molecular flexibility index (Phi) is 3.76. The number of rotatable bonds is 3. The first-order valence-corrected chi connectivity index (χ1v) is 6.05. The molecule has 0 fully saturated rings. The van der Waals surface area contributed by atoms with Gasteiger partial charge in [0.25, 0.3) is 0 Å². The fourth-order valence-electron chi connectivity index (χ4n) is 1.74. The zero-order chi connectivity index (χ0) is 14.0. The summed E-state index contributed by atoms with van der Waals surface area (Å²) in [4.78, 5) is 11.7. The first-order valence-electron chi connectivity index (χ1n) is 5.67. The van der Waals surface area contributed by atoms with Gasteiger partial charge in [0, 0.05) is 22.4 Å². The van der Waals surface area contributed by atoms with Gasteiger partial charge in [0.1, 0.15) is 5.75 Å². The number of hydrogen-bond donors (Lipinski definition) is 0. The van der Waals surface area contributed by atoms with E-state index in [0.29, 0.717) is 22.1 Å². The fourth-order valence-corrected chi connectivity index (χ4v) is 1.97. The summed E-state index contributed by atoms with van der Waals surface area (Å²) < 4.78 is 10.6. The molecular formula is C15H13ClO3. The van der Waals surface area contributed by atoms with Gasteiger partial charge in [0.05, 0.1) is 12.1 Å². The maximum Gasteiger partial charge on any atom is 0.338 e. The standard InChI is InChI=1S/C15H13ClO3/c1-9(2)15(17)19-14-11-7-5-4-6-10(11)13(18-3)8-12(14)16/h4-8H,1H2,2-3H3. The molecule has 0 radical (unpaired) electrons. The van der Waals surface area contributed by atoms with Gasteiger partial charge in [-0.3, -0.25) is 0 Å². The molecule has 0 aliphatic rings. The molecule has 0 atom stereocenters. The summed E-state index contributed by atoms with van der Waals surface area (Å²) in [5.74, 6) is 0.457. The smallest absolute Gasteiger partial charge is 0.338 e. The van der Waals surface area contributed by atoms with E-state index in [4.69, 9.17) is 21.1 Å². The largest absolute Gasteiger partial charge is 0.496 e. The lowest BCUT2D eigenvalue weighted by atomic mass is 10.1. The summed E-state index contributed by atoms with van der Waals surface area (Å²) in [5.41, 5.74) is 0.316. The number of hydrogen-bond acceptors (Lipinski definition) is 3. The second kappa shape index (κ2) is 5.33. The van der Waals surface area contributed by atoms with Crippen LogP contribution in [0.4, 0.5) is 0 Å². The lowest BCUT2D eigenvalue weighted by molar-refractivity contribution is -0.129. The van der Waals surface area contributed by atoms with Crippen molar-refractivity contribution < 1.29 is 14.3 Å². The molecule has 0 saturated heterocycles. The molecular weight excluding hydrogens is 264 g/mol. The minimum atomic E-state index is -0.503. The molecule has 0 heterocycles. The molecule has 0 aliphatic heterocycles. The zero-order valence-electron chi connectivity index (χ0n) is 10.7. The van der Waals surface area contributed by atoms with Crippen LogP contribution in [0.2, 0.25) is 5.02 Å². The Balaban J connectivity index is 2.64. The normalized spacial score (nSPS) is 10.3. The first kappa shape index (κ1) is 13.4. The topological polar surface area (TPSA) is 35.5 Å². The number of esters is 1. The second-order valence-corrected chi connectivity index (χ2v) is 4.51. The van der Waals surface area contributed by atoms with Crippen molar-refractivity contribution in [2.75, 3.05) is 7.11 Å². The Labute approximate surface area is 116 Å². The Morgan fingerprint density at radius 3 is 2.47 bits per heavy atom. The van der Waals surface area contributed by atoms with Crippen molar-refractivity contribution in [2.45, 2.75) is 6.92 Å². The van der Waals surface area contributed by atoms with Crippen LogP contribution in [0.15, 0.2) is 42.5 Å². The molecule has 0 amide bonds. The van der Waals surface area contributed by atoms with Crippen LogP contribution in [0, 0.1) is 0 Å². The van der Waals surface area contributed by atoms with Gasteiger partial charge in [-0.25, -0.2) is 4.79 Å². The van der Waals surface area contributed by atoms with E-state index in [-0.39, 0.29) is 0 Å². The summed E-state index contributed by atoms with van der Waals surface area (Å²) in [6.07, 6.45) is 0. The molecule has 19 heavy (non-hydrogen) atoms. The molecule has 3 nitrogen and oxygen atoms in total. The van der Waals surface area contributed by atoms with E-state index in [1.165, 1.54) is 0 Å². The molecule has 98 valence electrons. The highest BCUT2D eigenvalue weighted by Gasteiger charge is 2.15. The molecule has 4 heteroatoms. The van der Waals surface area contributed by atoms with Crippen LogP contribution >= 0.6 is 11.6 Å². The summed E-state index contributed by atoms with van der Waals surface area (Å²) in [6.45, 7) is 5.14. The minimum Gasteiger partial charge on any atom is -0.496 e. The lowest BCUT2D eigenvalue weighted by Gasteiger charge is -2.12. The van der Waals surface area contributed by atoms with Gasteiger partial charge >= 0.3 is 5.97 Å². The van der Waals surface area contributed by atoms with Gasteiger partial charge in [-0.15, -0.1) is 0 Å².